The summed E-state index contributed by atoms with van der Waals surface area (Å²) >= 11 is 4.98. The summed E-state index contributed by atoms with van der Waals surface area (Å²) in [5.74, 6) is 0.383. The van der Waals surface area contributed by atoms with E-state index >= 15 is 0 Å². The van der Waals surface area contributed by atoms with E-state index in [1.807, 2.05) is 61.5 Å². The van der Waals surface area contributed by atoms with E-state index in [1.54, 1.807) is 4.57 Å². The van der Waals surface area contributed by atoms with Crippen molar-refractivity contribution in [2.24, 2.45) is 5.10 Å². The Morgan fingerprint density at radius 2 is 1.91 bits per heavy atom. The van der Waals surface area contributed by atoms with Gasteiger partial charge in [0.25, 0.3) is 5.56 Å². The molecule has 0 unspecified atom stereocenters. The van der Waals surface area contributed by atoms with Crippen molar-refractivity contribution in [3.05, 3.63) is 85.4 Å². The predicted molar refractivity (Wildman–Crippen MR) is 138 cm³/mol. The topological polar surface area (TPSA) is 68.5 Å². The molecule has 1 N–H and O–H groups in total. The van der Waals surface area contributed by atoms with Gasteiger partial charge in [0, 0.05) is 15.8 Å². The number of nitrogens with zero attached hydrogens (tertiary/aromatic N) is 3. The summed E-state index contributed by atoms with van der Waals surface area (Å²) in [5, 5.41) is 5.22. The number of fused-ring (bicyclic) bond motifs is 3. The van der Waals surface area contributed by atoms with Crippen molar-refractivity contribution in [2.75, 3.05) is 5.43 Å². The molecule has 0 aliphatic carbocycles. The number of para-hydroxylation sites is 1. The quantitative estimate of drug-likeness (QED) is 0.267. The SMILES string of the molecule is C/C(=N/Nc1nc2sc3c(c2c(=O)n1-c1ccccc1)CC(C)(C)OC3)c1ccc(Br)cc1. The number of halogens is 1. The molecule has 0 spiro atoms. The molecule has 0 amide bonds. The van der Waals surface area contributed by atoms with Gasteiger partial charge in [0.1, 0.15) is 4.83 Å². The lowest BCUT2D eigenvalue weighted by Crippen LogP contribution is -2.32. The minimum Gasteiger partial charge on any atom is -0.370 e. The van der Waals surface area contributed by atoms with Crippen molar-refractivity contribution in [1.29, 1.82) is 0 Å². The Morgan fingerprint density at radius 1 is 1.18 bits per heavy atom. The van der Waals surface area contributed by atoms with Crippen molar-refractivity contribution in [2.45, 2.75) is 39.4 Å². The first kappa shape index (κ1) is 22.0. The van der Waals surface area contributed by atoms with E-state index in [1.165, 1.54) is 11.3 Å². The van der Waals surface area contributed by atoms with Crippen LogP contribution in [0.25, 0.3) is 15.9 Å². The molecule has 6 nitrogen and oxygen atoms in total. The standard InChI is InChI=1S/C25H23BrN4O2S/c1-15(16-9-11-17(26)12-10-16)28-29-24-27-22-21(19-13-25(2,3)32-14-20(19)33-22)23(31)30(24)18-7-5-4-6-8-18/h4-12H,13-14H2,1-3H3,(H,27,29)/b28-15-. The van der Waals surface area contributed by atoms with Gasteiger partial charge in [-0.1, -0.05) is 46.3 Å². The summed E-state index contributed by atoms with van der Waals surface area (Å²) in [6.07, 6.45) is 0.682. The molecule has 8 heteroatoms. The van der Waals surface area contributed by atoms with Gasteiger partial charge >= 0.3 is 0 Å². The van der Waals surface area contributed by atoms with E-state index in [0.717, 1.165) is 31.9 Å². The number of anilines is 1. The number of rotatable bonds is 4. The Labute approximate surface area is 204 Å². The first-order valence-corrected chi connectivity index (χ1v) is 12.3. The van der Waals surface area contributed by atoms with Crippen LogP contribution in [0.2, 0.25) is 0 Å². The number of thiophene rings is 1. The number of hydrogen-bond donors (Lipinski definition) is 1. The molecule has 33 heavy (non-hydrogen) atoms. The van der Waals surface area contributed by atoms with Gasteiger partial charge in [-0.3, -0.25) is 4.79 Å². The van der Waals surface area contributed by atoms with Gasteiger partial charge in [-0.15, -0.1) is 11.3 Å². The highest BCUT2D eigenvalue weighted by molar-refractivity contribution is 9.10. The van der Waals surface area contributed by atoms with Gasteiger partial charge in [-0.25, -0.2) is 15.0 Å². The van der Waals surface area contributed by atoms with E-state index < -0.39 is 0 Å². The molecule has 0 saturated heterocycles. The molecule has 2 aromatic carbocycles. The molecule has 3 heterocycles. The zero-order valence-electron chi connectivity index (χ0n) is 18.6. The summed E-state index contributed by atoms with van der Waals surface area (Å²) in [7, 11) is 0. The van der Waals surface area contributed by atoms with Gasteiger partial charge in [-0.2, -0.15) is 5.10 Å². The van der Waals surface area contributed by atoms with Crippen molar-refractivity contribution in [3.8, 4) is 5.69 Å². The summed E-state index contributed by atoms with van der Waals surface area (Å²) in [5.41, 5.74) is 6.21. The van der Waals surface area contributed by atoms with Crippen LogP contribution in [-0.2, 0) is 17.8 Å². The maximum atomic E-state index is 13.8. The maximum Gasteiger partial charge on any atom is 0.268 e. The van der Waals surface area contributed by atoms with E-state index in [0.29, 0.717) is 29.2 Å². The second-order valence-electron chi connectivity index (χ2n) is 8.64. The third kappa shape index (κ3) is 4.26. The third-order valence-corrected chi connectivity index (χ3v) is 7.33. The van der Waals surface area contributed by atoms with Crippen LogP contribution in [0, 0.1) is 0 Å². The minimum atomic E-state index is -0.311. The van der Waals surface area contributed by atoms with Gasteiger partial charge in [-0.05, 0) is 56.2 Å². The Morgan fingerprint density at radius 3 is 2.64 bits per heavy atom. The van der Waals surface area contributed by atoms with Crippen molar-refractivity contribution in [1.82, 2.24) is 9.55 Å². The normalized spacial score (nSPS) is 15.5. The molecule has 168 valence electrons. The summed E-state index contributed by atoms with van der Waals surface area (Å²) < 4.78 is 8.59. The molecular formula is C25H23BrN4O2S. The van der Waals surface area contributed by atoms with E-state index in [9.17, 15) is 4.79 Å². The average molecular weight is 523 g/mol. The number of nitrogens with one attached hydrogen (secondary N) is 1. The van der Waals surface area contributed by atoms with Crippen molar-refractivity contribution >= 4 is 49.1 Å². The van der Waals surface area contributed by atoms with Crippen molar-refractivity contribution < 1.29 is 4.74 Å². The van der Waals surface area contributed by atoms with Crippen molar-refractivity contribution in [3.63, 3.8) is 0 Å². The van der Waals surface area contributed by atoms with Gasteiger partial charge in [0.15, 0.2) is 0 Å². The molecular weight excluding hydrogens is 500 g/mol. The first-order chi connectivity index (χ1) is 15.8. The fourth-order valence-electron chi connectivity index (χ4n) is 3.97. The molecule has 5 rings (SSSR count). The predicted octanol–water partition coefficient (Wildman–Crippen LogP) is 5.90. The lowest BCUT2D eigenvalue weighted by Gasteiger charge is -2.29. The highest BCUT2D eigenvalue weighted by Crippen LogP contribution is 2.37. The molecule has 0 radical (unpaired) electrons. The van der Waals surface area contributed by atoms with Crippen LogP contribution >= 0.6 is 27.3 Å². The fraction of sp³-hybridized carbons (Fsp3) is 0.240. The monoisotopic (exact) mass is 522 g/mol. The molecule has 4 aromatic rings. The number of aromatic nitrogens is 2. The van der Waals surface area contributed by atoms with Gasteiger partial charge in [0.2, 0.25) is 5.95 Å². The van der Waals surface area contributed by atoms with Crippen LogP contribution < -0.4 is 11.0 Å². The third-order valence-electron chi connectivity index (χ3n) is 5.70. The van der Waals surface area contributed by atoms with Crippen LogP contribution in [0.5, 0.6) is 0 Å². The van der Waals surface area contributed by atoms with Gasteiger partial charge < -0.3 is 4.74 Å². The minimum absolute atomic E-state index is 0.0969. The summed E-state index contributed by atoms with van der Waals surface area (Å²) in [6, 6.07) is 17.5. The Bertz CT molecular complexity index is 1420. The highest BCUT2D eigenvalue weighted by Gasteiger charge is 2.31. The summed E-state index contributed by atoms with van der Waals surface area (Å²) in [6.45, 7) is 6.52. The second-order valence-corrected chi connectivity index (χ2v) is 10.6. The first-order valence-electron chi connectivity index (χ1n) is 10.7. The number of hydrogen-bond acceptors (Lipinski definition) is 6. The van der Waals surface area contributed by atoms with E-state index in [-0.39, 0.29) is 11.2 Å². The molecule has 0 atom stereocenters. The van der Waals surface area contributed by atoms with Crippen LogP contribution in [0.15, 0.2) is 69.0 Å². The zero-order valence-corrected chi connectivity index (χ0v) is 21.0. The molecule has 1 aliphatic heterocycles. The number of benzene rings is 2. The number of hydrazone groups is 1. The highest BCUT2D eigenvalue weighted by atomic mass is 79.9. The average Bonchev–Trinajstić information content (AvgIpc) is 3.15. The molecule has 0 saturated carbocycles. The largest absolute Gasteiger partial charge is 0.370 e. The smallest absolute Gasteiger partial charge is 0.268 e. The second kappa shape index (κ2) is 8.52. The zero-order chi connectivity index (χ0) is 23.2. The van der Waals surface area contributed by atoms with Crippen LogP contribution in [-0.4, -0.2) is 20.9 Å². The lowest BCUT2D eigenvalue weighted by atomic mass is 9.94. The van der Waals surface area contributed by atoms with Gasteiger partial charge in [0.05, 0.1) is 29.0 Å². The Balaban J connectivity index is 1.66. The Hall–Kier alpha value is -2.81. The van der Waals surface area contributed by atoms with Crippen LogP contribution in [0.4, 0.5) is 5.95 Å². The van der Waals surface area contributed by atoms with Crippen LogP contribution in [0.1, 0.15) is 36.8 Å². The molecule has 0 fully saturated rings. The maximum absolute atomic E-state index is 13.8. The van der Waals surface area contributed by atoms with E-state index in [4.69, 9.17) is 9.72 Å². The summed E-state index contributed by atoms with van der Waals surface area (Å²) in [4.78, 5) is 20.5. The molecule has 0 bridgehead atoms. The van der Waals surface area contributed by atoms with Crippen LogP contribution in [0.3, 0.4) is 0 Å². The number of ether oxygens (including phenoxy) is 1. The molecule has 2 aromatic heterocycles. The lowest BCUT2D eigenvalue weighted by molar-refractivity contribution is -0.0379. The molecule has 1 aliphatic rings. The Kier molecular flexibility index (Phi) is 5.68. The van der Waals surface area contributed by atoms with E-state index in [2.05, 4.69) is 40.3 Å². The fourth-order valence-corrected chi connectivity index (χ4v) is 5.33.